The zero-order valence-electron chi connectivity index (χ0n) is 40.9. The second-order valence-corrected chi connectivity index (χ2v) is 20.7. The van der Waals surface area contributed by atoms with Crippen LogP contribution in [-0.4, -0.2) is 20.8 Å². The molecule has 0 saturated heterocycles. The molecule has 1 aliphatic heterocycles. The fraction of sp³-hybridized carbons (Fsp3) is 0.0435. The first kappa shape index (κ1) is 43.2. The Balaban J connectivity index is 0.937. The summed E-state index contributed by atoms with van der Waals surface area (Å²) < 4.78 is 7.49. The number of aromatic nitrogens is 2. The van der Waals surface area contributed by atoms with E-state index in [9.17, 15) is 0 Å². The van der Waals surface area contributed by atoms with Crippen molar-refractivity contribution in [3.05, 3.63) is 282 Å². The molecule has 13 aromatic rings. The number of allylic oxidation sites excluding steroid dienone is 1. The Kier molecular flexibility index (Phi) is 10.2. The van der Waals surface area contributed by atoms with Gasteiger partial charge < -0.3 is 14.5 Å². The van der Waals surface area contributed by atoms with E-state index in [2.05, 4.69) is 263 Å². The number of thiophene rings is 1. The van der Waals surface area contributed by atoms with Gasteiger partial charge in [-0.1, -0.05) is 200 Å². The van der Waals surface area contributed by atoms with Gasteiger partial charge in [-0.2, -0.15) is 0 Å². The molecule has 75 heavy (non-hydrogen) atoms. The minimum Gasteiger partial charge on any atom is -0.344 e. The van der Waals surface area contributed by atoms with E-state index >= 15 is 0 Å². The molecule has 1 N–H and O–H groups in total. The van der Waals surface area contributed by atoms with Crippen molar-refractivity contribution >= 4 is 81.5 Å². The van der Waals surface area contributed by atoms with Gasteiger partial charge >= 0.3 is 0 Å². The second-order valence-electron chi connectivity index (χ2n) is 19.6. The first-order chi connectivity index (χ1) is 37.2. The van der Waals surface area contributed by atoms with Gasteiger partial charge in [-0.25, -0.2) is 9.98 Å². The molecule has 15 rings (SSSR count). The molecule has 5 nitrogen and oxygen atoms in total. The second kappa shape index (κ2) is 17.7. The molecule has 0 bridgehead atoms. The molecule has 4 heterocycles. The van der Waals surface area contributed by atoms with Gasteiger partial charge in [-0.3, -0.25) is 0 Å². The van der Waals surface area contributed by atoms with Crippen LogP contribution < -0.4 is 5.32 Å². The van der Waals surface area contributed by atoms with Gasteiger partial charge in [0.2, 0.25) is 0 Å². The lowest BCUT2D eigenvalue weighted by molar-refractivity contribution is 0.671. The minimum absolute atomic E-state index is 0.494. The summed E-state index contributed by atoms with van der Waals surface area (Å²) >= 11 is 1.82. The number of para-hydroxylation sites is 3. The van der Waals surface area contributed by atoms with E-state index in [1.54, 1.807) is 0 Å². The van der Waals surface area contributed by atoms with Crippen molar-refractivity contribution in [1.29, 1.82) is 0 Å². The lowest BCUT2D eigenvalue weighted by atomic mass is 9.87. The van der Waals surface area contributed by atoms with Gasteiger partial charge in [-0.05, 0) is 94.8 Å². The van der Waals surface area contributed by atoms with Crippen molar-refractivity contribution in [2.75, 3.05) is 0 Å². The molecule has 0 amide bonds. The van der Waals surface area contributed by atoms with Crippen LogP contribution in [0.1, 0.15) is 46.1 Å². The average molecular weight is 978 g/mol. The number of nitrogens with zero attached hydrogens (tertiary/aromatic N) is 4. The number of hydrogen-bond donors (Lipinski definition) is 1. The summed E-state index contributed by atoms with van der Waals surface area (Å²) in [5.41, 5.74) is 18.6. The molecule has 354 valence electrons. The van der Waals surface area contributed by atoms with Crippen LogP contribution in [0.5, 0.6) is 0 Å². The summed E-state index contributed by atoms with van der Waals surface area (Å²) in [5, 5.41) is 10.2. The summed E-state index contributed by atoms with van der Waals surface area (Å²) in [6.07, 6.45) is 3.91. The summed E-state index contributed by atoms with van der Waals surface area (Å²) in [6.45, 7) is 0. The monoisotopic (exact) mass is 977 g/mol. The average Bonchev–Trinajstić information content (AvgIpc) is 4.17. The predicted octanol–water partition coefficient (Wildman–Crippen LogP) is 17.3. The molecule has 1 aliphatic carbocycles. The van der Waals surface area contributed by atoms with Gasteiger partial charge in [0.1, 0.15) is 12.0 Å². The van der Waals surface area contributed by atoms with Crippen LogP contribution in [0.15, 0.2) is 259 Å². The van der Waals surface area contributed by atoms with Gasteiger partial charge in [-0.15, -0.1) is 11.3 Å². The Bertz CT molecular complexity index is 4480. The van der Waals surface area contributed by atoms with E-state index in [-0.39, 0.29) is 0 Å². The summed E-state index contributed by atoms with van der Waals surface area (Å²) in [5.74, 6) is 1.47. The van der Waals surface area contributed by atoms with Crippen LogP contribution in [-0.2, 0) is 6.42 Å². The third-order valence-corrected chi connectivity index (χ3v) is 16.4. The lowest BCUT2D eigenvalue weighted by Crippen LogP contribution is -2.34. The fourth-order valence-electron chi connectivity index (χ4n) is 11.9. The minimum atomic E-state index is -0.494. The molecule has 10 aromatic carbocycles. The highest BCUT2D eigenvalue weighted by atomic mass is 32.1. The normalized spacial score (nSPS) is 14.5. The molecular weight excluding hydrogens is 931 g/mol. The van der Waals surface area contributed by atoms with Crippen LogP contribution in [0.3, 0.4) is 0 Å². The lowest BCUT2D eigenvalue weighted by Gasteiger charge is -2.26. The van der Waals surface area contributed by atoms with E-state index in [0.717, 1.165) is 68.8 Å². The topological polar surface area (TPSA) is 46.6 Å². The van der Waals surface area contributed by atoms with E-state index in [1.807, 2.05) is 11.3 Å². The Hall–Kier alpha value is -9.36. The van der Waals surface area contributed by atoms with Gasteiger partial charge in [0.25, 0.3) is 0 Å². The van der Waals surface area contributed by atoms with E-state index in [1.165, 1.54) is 75.5 Å². The molecule has 3 aromatic heterocycles. The highest BCUT2D eigenvalue weighted by Crippen LogP contribution is 2.46. The molecule has 0 radical (unpaired) electrons. The van der Waals surface area contributed by atoms with E-state index < -0.39 is 6.17 Å². The molecular formula is C69H47N5S. The first-order valence-electron chi connectivity index (χ1n) is 25.8. The molecule has 0 saturated carbocycles. The van der Waals surface area contributed by atoms with Gasteiger partial charge in [0.15, 0.2) is 5.84 Å². The number of nitrogens with one attached hydrogen (secondary N) is 1. The smallest absolute Gasteiger partial charge is 0.159 e. The van der Waals surface area contributed by atoms with E-state index in [0.29, 0.717) is 5.84 Å². The van der Waals surface area contributed by atoms with Crippen molar-refractivity contribution in [3.63, 3.8) is 0 Å². The summed E-state index contributed by atoms with van der Waals surface area (Å²) in [6, 6.07) is 87.9. The van der Waals surface area contributed by atoms with Gasteiger partial charge in [0, 0.05) is 70.0 Å². The van der Waals surface area contributed by atoms with Crippen molar-refractivity contribution in [3.8, 4) is 33.6 Å². The summed E-state index contributed by atoms with van der Waals surface area (Å²) in [7, 11) is 0. The number of aliphatic imine (C=N–C) groups is 2. The third-order valence-electron chi connectivity index (χ3n) is 15.3. The highest BCUT2D eigenvalue weighted by Gasteiger charge is 2.29. The maximum atomic E-state index is 5.60. The number of fused-ring (bicyclic) bond motifs is 9. The van der Waals surface area contributed by atoms with Crippen molar-refractivity contribution < 1.29 is 0 Å². The fourth-order valence-corrected chi connectivity index (χ4v) is 13.0. The van der Waals surface area contributed by atoms with Gasteiger partial charge in [0.05, 0.1) is 22.2 Å². The SMILES string of the molecule is C1=C(c2cccc3c2c2ccccc2n3-c2cc(-c3ccccc3)ccc2C2N=C(c3ccc(-c4ccccc4)cc3)N=C(c3ccc4c(c3)sc3ccccc34)N2)c2c(n(-c3ccccc3)c3ccccc23)CC1. The maximum absolute atomic E-state index is 5.60. The summed E-state index contributed by atoms with van der Waals surface area (Å²) in [4.78, 5) is 11.0. The highest BCUT2D eigenvalue weighted by molar-refractivity contribution is 7.25. The number of rotatable bonds is 8. The third kappa shape index (κ3) is 7.20. The quantitative estimate of drug-likeness (QED) is 0.162. The van der Waals surface area contributed by atoms with Crippen LogP contribution in [0.25, 0.3) is 92.1 Å². The number of hydrogen-bond acceptors (Lipinski definition) is 4. The van der Waals surface area contributed by atoms with Crippen LogP contribution in [0, 0.1) is 0 Å². The van der Waals surface area contributed by atoms with E-state index in [4.69, 9.17) is 9.98 Å². The molecule has 2 aliphatic rings. The van der Waals surface area contributed by atoms with Crippen LogP contribution in [0.2, 0.25) is 0 Å². The molecule has 1 atom stereocenters. The maximum Gasteiger partial charge on any atom is 0.159 e. The van der Waals surface area contributed by atoms with Crippen LogP contribution >= 0.6 is 11.3 Å². The zero-order valence-corrected chi connectivity index (χ0v) is 41.7. The van der Waals surface area contributed by atoms with Crippen molar-refractivity contribution in [1.82, 2.24) is 14.5 Å². The van der Waals surface area contributed by atoms with Crippen LogP contribution in [0.4, 0.5) is 0 Å². The standard InChI is InChI=1S/C69H47N5S/c1-4-18-44(19-5-1)46-34-36-47(37-35-46)67-70-68(49-39-40-52-51-24-12-15-33-63(51)75-64(52)43-49)72-69(71-67)57-41-38-48(45-20-6-2-7-21-45)42-62(57)74-59-30-14-11-26-56(59)66-54(28-17-32-61(66)74)53-27-16-31-60-65(53)55-25-10-13-29-58(55)73(60)50-22-8-3-9-23-50/h1-15,17-30,32-43,69H,16,31H2,(H,70,71,72). The number of amidine groups is 2. The predicted molar refractivity (Wildman–Crippen MR) is 315 cm³/mol. The molecule has 0 fully saturated rings. The first-order valence-corrected chi connectivity index (χ1v) is 26.6. The molecule has 0 spiro atoms. The molecule has 1 unspecified atom stereocenters. The Labute approximate surface area is 438 Å². The Morgan fingerprint density at radius 2 is 1.05 bits per heavy atom. The Morgan fingerprint density at radius 1 is 0.453 bits per heavy atom. The largest absolute Gasteiger partial charge is 0.344 e. The van der Waals surface area contributed by atoms with Crippen molar-refractivity contribution in [2.24, 2.45) is 9.98 Å². The van der Waals surface area contributed by atoms with Crippen molar-refractivity contribution in [2.45, 2.75) is 19.0 Å². The number of benzene rings is 10. The Morgan fingerprint density at radius 3 is 1.84 bits per heavy atom. The molecule has 6 heteroatoms. The zero-order chi connectivity index (χ0) is 49.4.